The molecule has 17 heavy (non-hydrogen) atoms. The van der Waals surface area contributed by atoms with Crippen LogP contribution < -0.4 is 5.32 Å². The maximum absolute atomic E-state index is 13.9. The second-order valence-corrected chi connectivity index (χ2v) is 6.17. The minimum Gasteiger partial charge on any atom is -0.311 e. The molecule has 1 aliphatic rings. The fourth-order valence-electron chi connectivity index (χ4n) is 2.68. The van der Waals surface area contributed by atoms with E-state index in [-0.39, 0.29) is 11.4 Å². The normalized spacial score (nSPS) is 24.5. The Labute approximate surface area is 111 Å². The molecule has 0 spiro atoms. The fourth-order valence-corrected chi connectivity index (χ4v) is 3.02. The molecule has 1 saturated heterocycles. The van der Waals surface area contributed by atoms with Crippen LogP contribution in [0, 0.1) is 11.7 Å². The van der Waals surface area contributed by atoms with E-state index in [0.29, 0.717) is 5.92 Å². The van der Waals surface area contributed by atoms with Crippen LogP contribution in [0.5, 0.6) is 0 Å². The van der Waals surface area contributed by atoms with Crippen LogP contribution in [0.15, 0.2) is 22.7 Å². The maximum Gasteiger partial charge on any atom is 0.127 e. The molecule has 1 nitrogen and oxygen atoms in total. The lowest BCUT2D eigenvalue weighted by Crippen LogP contribution is -2.46. The van der Waals surface area contributed by atoms with E-state index in [9.17, 15) is 4.39 Å². The van der Waals surface area contributed by atoms with Gasteiger partial charge in [-0.15, -0.1) is 0 Å². The summed E-state index contributed by atoms with van der Waals surface area (Å²) in [7, 11) is 0. The Morgan fingerprint density at radius 2 is 2.24 bits per heavy atom. The molecule has 1 unspecified atom stereocenters. The minimum absolute atomic E-state index is 0.0780. The molecule has 1 aliphatic heterocycles. The summed E-state index contributed by atoms with van der Waals surface area (Å²) < 4.78 is 14.7. The van der Waals surface area contributed by atoms with Crippen molar-refractivity contribution in [2.75, 3.05) is 6.54 Å². The van der Waals surface area contributed by atoms with Gasteiger partial charge in [0.1, 0.15) is 5.82 Å². The first kappa shape index (κ1) is 13.0. The standard InChI is InChI=1S/C14H19BrFN/c1-10(2)14(6-3-7-17-14)9-11-4-5-12(15)8-13(11)16/h4-5,8,10,17H,3,6-7,9H2,1-2H3. The predicted molar refractivity (Wildman–Crippen MR) is 72.6 cm³/mol. The van der Waals surface area contributed by atoms with Crippen molar-refractivity contribution in [1.29, 1.82) is 0 Å². The molecule has 0 aromatic heterocycles. The van der Waals surface area contributed by atoms with Gasteiger partial charge >= 0.3 is 0 Å². The molecule has 3 heteroatoms. The molecule has 2 rings (SSSR count). The topological polar surface area (TPSA) is 12.0 Å². The van der Waals surface area contributed by atoms with E-state index in [2.05, 4.69) is 35.1 Å². The Bertz CT molecular complexity index is 397. The minimum atomic E-state index is -0.104. The van der Waals surface area contributed by atoms with Crippen LogP contribution in [0.2, 0.25) is 0 Å². The molecule has 0 bridgehead atoms. The highest BCUT2D eigenvalue weighted by Crippen LogP contribution is 2.32. The number of hydrogen-bond acceptors (Lipinski definition) is 1. The van der Waals surface area contributed by atoms with Gasteiger partial charge in [-0.25, -0.2) is 4.39 Å². The Balaban J connectivity index is 2.23. The summed E-state index contributed by atoms with van der Waals surface area (Å²) in [5.41, 5.74) is 0.894. The van der Waals surface area contributed by atoms with Crippen LogP contribution in [-0.4, -0.2) is 12.1 Å². The number of rotatable bonds is 3. The Morgan fingerprint density at radius 1 is 1.47 bits per heavy atom. The molecule has 1 aromatic rings. The molecule has 94 valence electrons. The molecule has 1 heterocycles. The molecule has 0 saturated carbocycles. The van der Waals surface area contributed by atoms with Gasteiger partial charge in [0.25, 0.3) is 0 Å². The van der Waals surface area contributed by atoms with E-state index in [1.165, 1.54) is 6.42 Å². The largest absolute Gasteiger partial charge is 0.311 e. The van der Waals surface area contributed by atoms with E-state index in [1.54, 1.807) is 6.07 Å². The number of halogens is 2. The third-order valence-electron chi connectivity index (χ3n) is 3.90. The van der Waals surface area contributed by atoms with Crippen LogP contribution in [0.3, 0.4) is 0 Å². The van der Waals surface area contributed by atoms with Gasteiger partial charge in [-0.3, -0.25) is 0 Å². The zero-order valence-electron chi connectivity index (χ0n) is 10.4. The average molecular weight is 300 g/mol. The third-order valence-corrected chi connectivity index (χ3v) is 4.40. The molecular weight excluding hydrogens is 281 g/mol. The van der Waals surface area contributed by atoms with E-state index in [4.69, 9.17) is 0 Å². The highest BCUT2D eigenvalue weighted by atomic mass is 79.9. The van der Waals surface area contributed by atoms with Crippen molar-refractivity contribution in [2.45, 2.75) is 38.6 Å². The van der Waals surface area contributed by atoms with Gasteiger partial charge < -0.3 is 5.32 Å². The Hall–Kier alpha value is -0.410. The van der Waals surface area contributed by atoms with Gasteiger partial charge in [-0.2, -0.15) is 0 Å². The summed E-state index contributed by atoms with van der Waals surface area (Å²) in [6.07, 6.45) is 3.11. The fraction of sp³-hybridized carbons (Fsp3) is 0.571. The second kappa shape index (κ2) is 5.07. The van der Waals surface area contributed by atoms with Crippen molar-refractivity contribution in [2.24, 2.45) is 5.92 Å². The Kier molecular flexibility index (Phi) is 3.88. The second-order valence-electron chi connectivity index (χ2n) is 5.25. The summed E-state index contributed by atoms with van der Waals surface area (Å²) in [5.74, 6) is 0.418. The molecular formula is C14H19BrFN. The first-order chi connectivity index (χ1) is 8.03. The zero-order valence-corrected chi connectivity index (χ0v) is 12.0. The van der Waals surface area contributed by atoms with E-state index >= 15 is 0 Å². The summed E-state index contributed by atoms with van der Waals surface area (Å²) in [6.45, 7) is 5.49. The van der Waals surface area contributed by atoms with E-state index < -0.39 is 0 Å². The van der Waals surface area contributed by atoms with Gasteiger partial charge in [0.05, 0.1) is 0 Å². The van der Waals surface area contributed by atoms with Crippen molar-refractivity contribution >= 4 is 15.9 Å². The molecule has 0 radical (unpaired) electrons. The van der Waals surface area contributed by atoms with Crippen LogP contribution in [0.25, 0.3) is 0 Å². The van der Waals surface area contributed by atoms with E-state index in [0.717, 1.165) is 29.4 Å². The van der Waals surface area contributed by atoms with E-state index in [1.807, 2.05) is 12.1 Å². The SMILES string of the molecule is CC(C)C1(Cc2ccc(Br)cc2F)CCCN1. The molecule has 1 N–H and O–H groups in total. The van der Waals surface area contributed by atoms with Crippen LogP contribution in [0.1, 0.15) is 32.3 Å². The van der Waals surface area contributed by atoms with Gasteiger partial charge in [-0.05, 0) is 49.4 Å². The quantitative estimate of drug-likeness (QED) is 0.892. The first-order valence-electron chi connectivity index (χ1n) is 6.22. The number of nitrogens with one attached hydrogen (secondary N) is 1. The average Bonchev–Trinajstić information content (AvgIpc) is 2.72. The monoisotopic (exact) mass is 299 g/mol. The molecule has 0 aliphatic carbocycles. The molecule has 1 fully saturated rings. The Morgan fingerprint density at radius 3 is 2.76 bits per heavy atom. The smallest absolute Gasteiger partial charge is 0.127 e. The lowest BCUT2D eigenvalue weighted by molar-refractivity contribution is 0.266. The molecule has 1 aromatic carbocycles. The summed E-state index contributed by atoms with van der Waals surface area (Å²) in [5, 5.41) is 3.58. The van der Waals surface area contributed by atoms with Gasteiger partial charge in [0.2, 0.25) is 0 Å². The summed E-state index contributed by atoms with van der Waals surface area (Å²) in [4.78, 5) is 0. The highest BCUT2D eigenvalue weighted by molar-refractivity contribution is 9.10. The van der Waals surface area contributed by atoms with Gasteiger partial charge in [0.15, 0.2) is 0 Å². The molecule has 1 atom stereocenters. The van der Waals surface area contributed by atoms with Crippen LogP contribution in [0.4, 0.5) is 4.39 Å². The lowest BCUT2D eigenvalue weighted by Gasteiger charge is -2.34. The summed E-state index contributed by atoms with van der Waals surface area (Å²) in [6, 6.07) is 5.36. The van der Waals surface area contributed by atoms with Crippen molar-refractivity contribution in [3.63, 3.8) is 0 Å². The third kappa shape index (κ3) is 2.71. The lowest BCUT2D eigenvalue weighted by atomic mass is 9.79. The predicted octanol–water partition coefficient (Wildman–Crippen LogP) is 3.91. The first-order valence-corrected chi connectivity index (χ1v) is 7.02. The molecule has 0 amide bonds. The highest BCUT2D eigenvalue weighted by Gasteiger charge is 2.37. The van der Waals surface area contributed by atoms with Crippen molar-refractivity contribution in [3.05, 3.63) is 34.1 Å². The number of benzene rings is 1. The maximum atomic E-state index is 13.9. The van der Waals surface area contributed by atoms with Crippen molar-refractivity contribution < 1.29 is 4.39 Å². The van der Waals surface area contributed by atoms with Gasteiger partial charge in [0, 0.05) is 10.0 Å². The van der Waals surface area contributed by atoms with Crippen LogP contribution >= 0.6 is 15.9 Å². The van der Waals surface area contributed by atoms with Crippen molar-refractivity contribution in [1.82, 2.24) is 5.32 Å². The van der Waals surface area contributed by atoms with Crippen molar-refractivity contribution in [3.8, 4) is 0 Å². The van der Waals surface area contributed by atoms with Gasteiger partial charge in [-0.1, -0.05) is 35.8 Å². The zero-order chi connectivity index (χ0) is 12.5. The summed E-state index contributed by atoms with van der Waals surface area (Å²) >= 11 is 3.30. The van der Waals surface area contributed by atoms with Crippen LogP contribution in [-0.2, 0) is 6.42 Å². The number of hydrogen-bond donors (Lipinski definition) is 1.